The summed E-state index contributed by atoms with van der Waals surface area (Å²) in [6.45, 7) is 0.487. The fourth-order valence-corrected chi connectivity index (χ4v) is 3.13. The standard InChI is InChI=1S/C16H17ClN2O2/c17-12-7-10-4-2-6-18-15(10)13(8-12)16(21)19-9-11-3-1-5-14(11)20/h2,4,6-8,11,14,20H,1,3,5,9H2,(H,19,21). The van der Waals surface area contributed by atoms with E-state index in [0.717, 1.165) is 24.6 Å². The van der Waals surface area contributed by atoms with Gasteiger partial charge in [-0.3, -0.25) is 9.78 Å². The molecule has 0 radical (unpaired) electrons. The first-order valence-electron chi connectivity index (χ1n) is 7.15. The molecule has 5 heteroatoms. The van der Waals surface area contributed by atoms with Crippen molar-refractivity contribution in [2.45, 2.75) is 25.4 Å². The molecule has 110 valence electrons. The molecule has 1 aromatic carbocycles. The summed E-state index contributed by atoms with van der Waals surface area (Å²) in [6, 6.07) is 7.12. The highest BCUT2D eigenvalue weighted by atomic mass is 35.5. The average Bonchev–Trinajstić information content (AvgIpc) is 2.89. The summed E-state index contributed by atoms with van der Waals surface area (Å²) in [7, 11) is 0. The van der Waals surface area contributed by atoms with Crippen molar-refractivity contribution in [3.8, 4) is 0 Å². The second-order valence-corrected chi connectivity index (χ2v) is 5.93. The number of carbonyl (C=O) groups is 1. The number of rotatable bonds is 3. The number of carbonyl (C=O) groups excluding carboxylic acids is 1. The van der Waals surface area contributed by atoms with E-state index in [9.17, 15) is 9.90 Å². The van der Waals surface area contributed by atoms with Crippen molar-refractivity contribution in [1.82, 2.24) is 10.3 Å². The predicted octanol–water partition coefficient (Wildman–Crippen LogP) is 2.78. The van der Waals surface area contributed by atoms with Crippen LogP contribution in [0.3, 0.4) is 0 Å². The molecule has 1 saturated carbocycles. The van der Waals surface area contributed by atoms with Crippen LogP contribution in [0.4, 0.5) is 0 Å². The molecule has 1 aliphatic rings. The van der Waals surface area contributed by atoms with E-state index in [2.05, 4.69) is 10.3 Å². The Balaban J connectivity index is 1.81. The third kappa shape index (κ3) is 3.01. The molecule has 0 saturated heterocycles. The normalized spacial score (nSPS) is 21.6. The maximum Gasteiger partial charge on any atom is 0.253 e. The molecule has 4 nitrogen and oxygen atoms in total. The van der Waals surface area contributed by atoms with Crippen molar-refractivity contribution in [3.05, 3.63) is 41.0 Å². The van der Waals surface area contributed by atoms with Gasteiger partial charge in [0.25, 0.3) is 5.91 Å². The number of aliphatic hydroxyl groups is 1. The topological polar surface area (TPSA) is 62.2 Å². The van der Waals surface area contributed by atoms with Crippen LogP contribution in [-0.2, 0) is 0 Å². The van der Waals surface area contributed by atoms with Crippen LogP contribution in [0.5, 0.6) is 0 Å². The van der Waals surface area contributed by atoms with Crippen LogP contribution in [0.25, 0.3) is 10.9 Å². The SMILES string of the molecule is O=C(NCC1CCCC1O)c1cc(Cl)cc2cccnc12. The highest BCUT2D eigenvalue weighted by molar-refractivity contribution is 6.32. The van der Waals surface area contributed by atoms with Crippen molar-refractivity contribution >= 4 is 28.4 Å². The van der Waals surface area contributed by atoms with Crippen molar-refractivity contribution < 1.29 is 9.90 Å². The van der Waals surface area contributed by atoms with Crippen LogP contribution in [0.15, 0.2) is 30.5 Å². The maximum absolute atomic E-state index is 12.4. The van der Waals surface area contributed by atoms with E-state index in [-0.39, 0.29) is 17.9 Å². The number of amides is 1. The number of benzene rings is 1. The van der Waals surface area contributed by atoms with Gasteiger partial charge in [0.2, 0.25) is 0 Å². The summed E-state index contributed by atoms with van der Waals surface area (Å²) in [5, 5.41) is 14.1. The van der Waals surface area contributed by atoms with E-state index in [0.29, 0.717) is 22.6 Å². The highest BCUT2D eigenvalue weighted by Crippen LogP contribution is 2.25. The number of aliphatic hydroxyl groups excluding tert-OH is 1. The fraction of sp³-hybridized carbons (Fsp3) is 0.375. The molecule has 0 bridgehead atoms. The Hall–Kier alpha value is -1.65. The Kier molecular flexibility index (Phi) is 4.08. The minimum atomic E-state index is -0.306. The second kappa shape index (κ2) is 6.00. The summed E-state index contributed by atoms with van der Waals surface area (Å²) >= 11 is 6.07. The lowest BCUT2D eigenvalue weighted by molar-refractivity contribution is 0.0918. The Bertz CT molecular complexity index is 674. The van der Waals surface area contributed by atoms with Gasteiger partial charge in [0.05, 0.1) is 17.2 Å². The summed E-state index contributed by atoms with van der Waals surface area (Å²) in [5.41, 5.74) is 1.12. The Morgan fingerprint density at radius 2 is 2.29 bits per heavy atom. The first kappa shape index (κ1) is 14.3. The molecular weight excluding hydrogens is 288 g/mol. The lowest BCUT2D eigenvalue weighted by Crippen LogP contribution is -2.32. The molecule has 2 unspecified atom stereocenters. The van der Waals surface area contributed by atoms with Crippen molar-refractivity contribution in [3.63, 3.8) is 0 Å². The van der Waals surface area contributed by atoms with Crippen LogP contribution in [0.1, 0.15) is 29.6 Å². The number of fused-ring (bicyclic) bond motifs is 1. The van der Waals surface area contributed by atoms with Gasteiger partial charge in [0, 0.05) is 29.1 Å². The monoisotopic (exact) mass is 304 g/mol. The van der Waals surface area contributed by atoms with E-state index >= 15 is 0 Å². The zero-order valence-corrected chi connectivity index (χ0v) is 12.3. The molecule has 21 heavy (non-hydrogen) atoms. The first-order valence-corrected chi connectivity index (χ1v) is 7.53. The third-order valence-corrected chi connectivity index (χ3v) is 4.28. The number of hydrogen-bond acceptors (Lipinski definition) is 3. The number of aromatic nitrogens is 1. The zero-order valence-electron chi connectivity index (χ0n) is 11.6. The van der Waals surface area contributed by atoms with E-state index in [1.165, 1.54) is 0 Å². The van der Waals surface area contributed by atoms with E-state index in [1.807, 2.05) is 12.1 Å². The van der Waals surface area contributed by atoms with Gasteiger partial charge >= 0.3 is 0 Å². The van der Waals surface area contributed by atoms with E-state index in [1.54, 1.807) is 18.3 Å². The van der Waals surface area contributed by atoms with Crippen LogP contribution < -0.4 is 5.32 Å². The Morgan fingerprint density at radius 1 is 1.43 bits per heavy atom. The minimum Gasteiger partial charge on any atom is -0.393 e. The van der Waals surface area contributed by atoms with Crippen molar-refractivity contribution in [2.24, 2.45) is 5.92 Å². The van der Waals surface area contributed by atoms with E-state index < -0.39 is 0 Å². The van der Waals surface area contributed by atoms with Gasteiger partial charge in [0.1, 0.15) is 0 Å². The lowest BCUT2D eigenvalue weighted by atomic mass is 10.1. The quantitative estimate of drug-likeness (QED) is 0.916. The highest BCUT2D eigenvalue weighted by Gasteiger charge is 2.25. The maximum atomic E-state index is 12.4. The summed E-state index contributed by atoms with van der Waals surface area (Å²) in [6.07, 6.45) is 4.15. The van der Waals surface area contributed by atoms with Crippen LogP contribution in [0.2, 0.25) is 5.02 Å². The fourth-order valence-electron chi connectivity index (χ4n) is 2.90. The van der Waals surface area contributed by atoms with Gasteiger partial charge in [-0.1, -0.05) is 24.1 Å². The number of pyridine rings is 1. The van der Waals surface area contributed by atoms with Crippen LogP contribution in [-0.4, -0.2) is 28.6 Å². The minimum absolute atomic E-state index is 0.146. The molecule has 1 amide bonds. The Morgan fingerprint density at radius 3 is 3.05 bits per heavy atom. The van der Waals surface area contributed by atoms with Crippen molar-refractivity contribution in [1.29, 1.82) is 0 Å². The number of nitrogens with zero attached hydrogens (tertiary/aromatic N) is 1. The van der Waals surface area contributed by atoms with Gasteiger partial charge in [-0.25, -0.2) is 0 Å². The molecule has 0 aliphatic heterocycles. The predicted molar refractivity (Wildman–Crippen MR) is 82.4 cm³/mol. The summed E-state index contributed by atoms with van der Waals surface area (Å²) < 4.78 is 0. The van der Waals surface area contributed by atoms with Gasteiger partial charge in [-0.05, 0) is 31.0 Å². The number of hydrogen-bond donors (Lipinski definition) is 2. The van der Waals surface area contributed by atoms with Gasteiger partial charge in [0.15, 0.2) is 0 Å². The number of halogens is 1. The second-order valence-electron chi connectivity index (χ2n) is 5.50. The summed E-state index contributed by atoms with van der Waals surface area (Å²) in [4.78, 5) is 16.7. The van der Waals surface area contributed by atoms with E-state index in [4.69, 9.17) is 11.6 Å². The molecule has 1 heterocycles. The Labute approximate surface area is 128 Å². The molecule has 3 rings (SSSR count). The first-order chi connectivity index (χ1) is 10.1. The summed E-state index contributed by atoms with van der Waals surface area (Å²) in [5.74, 6) is -0.0485. The van der Waals surface area contributed by atoms with Crippen molar-refractivity contribution in [2.75, 3.05) is 6.54 Å². The molecular formula is C16H17ClN2O2. The molecule has 1 aliphatic carbocycles. The third-order valence-electron chi connectivity index (χ3n) is 4.06. The average molecular weight is 305 g/mol. The number of nitrogens with one attached hydrogen (secondary N) is 1. The molecule has 2 aromatic rings. The molecule has 1 aromatic heterocycles. The smallest absolute Gasteiger partial charge is 0.253 e. The lowest BCUT2D eigenvalue weighted by Gasteiger charge is -2.15. The molecule has 1 fully saturated rings. The molecule has 0 spiro atoms. The van der Waals surface area contributed by atoms with Gasteiger partial charge in [-0.15, -0.1) is 0 Å². The molecule has 2 N–H and O–H groups in total. The van der Waals surface area contributed by atoms with Crippen LogP contribution >= 0.6 is 11.6 Å². The zero-order chi connectivity index (χ0) is 14.8. The largest absolute Gasteiger partial charge is 0.393 e. The van der Waals surface area contributed by atoms with Crippen LogP contribution in [0, 0.1) is 5.92 Å². The van der Waals surface area contributed by atoms with Gasteiger partial charge in [-0.2, -0.15) is 0 Å². The van der Waals surface area contributed by atoms with Gasteiger partial charge < -0.3 is 10.4 Å². The molecule has 2 atom stereocenters.